The Balaban J connectivity index is 2.07. The van der Waals surface area contributed by atoms with Crippen molar-refractivity contribution in [2.75, 3.05) is 0 Å². The van der Waals surface area contributed by atoms with E-state index in [1.807, 2.05) is 43.3 Å². The van der Waals surface area contributed by atoms with Gasteiger partial charge in [-0.05, 0) is 57.5 Å². The molecule has 0 saturated heterocycles. The summed E-state index contributed by atoms with van der Waals surface area (Å²) in [6.45, 7) is 9.03. The molecule has 0 radical (unpaired) electrons. The van der Waals surface area contributed by atoms with Crippen LogP contribution in [0.4, 0.5) is 4.39 Å². The van der Waals surface area contributed by atoms with Crippen LogP contribution >= 0.6 is 11.8 Å². The number of aryl methyl sites for hydroxylation is 1. The van der Waals surface area contributed by atoms with E-state index in [0.717, 1.165) is 10.5 Å². The van der Waals surface area contributed by atoms with Crippen molar-refractivity contribution in [3.05, 3.63) is 59.4 Å². The Morgan fingerprint density at radius 1 is 1.05 bits per heavy atom. The Morgan fingerprint density at radius 2 is 1.71 bits per heavy atom. The summed E-state index contributed by atoms with van der Waals surface area (Å²) in [5.74, 6) is -0.159. The standard InChI is InChI=1S/C18H22FNS/c1-13-5-8-15(9-6-13)21-17-10-7-14(11-16(17)19)12-20-18(2,3)4/h5-11,20H,12H2,1-4H3. The third-order valence-electron chi connectivity index (χ3n) is 3.07. The minimum Gasteiger partial charge on any atom is -0.308 e. The molecule has 2 aromatic rings. The van der Waals surface area contributed by atoms with Crippen molar-refractivity contribution in [1.82, 2.24) is 5.32 Å². The van der Waals surface area contributed by atoms with Gasteiger partial charge in [0.25, 0.3) is 0 Å². The van der Waals surface area contributed by atoms with Crippen molar-refractivity contribution in [3.8, 4) is 0 Å². The molecule has 0 atom stereocenters. The number of rotatable bonds is 4. The highest BCUT2D eigenvalue weighted by Crippen LogP contribution is 2.30. The number of halogens is 1. The largest absolute Gasteiger partial charge is 0.308 e. The van der Waals surface area contributed by atoms with E-state index in [0.29, 0.717) is 11.4 Å². The van der Waals surface area contributed by atoms with Gasteiger partial charge in [-0.1, -0.05) is 35.5 Å². The molecule has 1 N–H and O–H groups in total. The van der Waals surface area contributed by atoms with Gasteiger partial charge in [0.15, 0.2) is 0 Å². The molecule has 0 heterocycles. The molecule has 0 amide bonds. The molecule has 21 heavy (non-hydrogen) atoms. The van der Waals surface area contributed by atoms with Crippen LogP contribution < -0.4 is 5.32 Å². The van der Waals surface area contributed by atoms with E-state index in [1.54, 1.807) is 6.07 Å². The van der Waals surface area contributed by atoms with Crippen LogP contribution in [0.25, 0.3) is 0 Å². The summed E-state index contributed by atoms with van der Waals surface area (Å²) < 4.78 is 14.2. The van der Waals surface area contributed by atoms with Crippen molar-refractivity contribution in [2.24, 2.45) is 0 Å². The lowest BCUT2D eigenvalue weighted by molar-refractivity contribution is 0.423. The van der Waals surface area contributed by atoms with Gasteiger partial charge in [0.05, 0.1) is 0 Å². The maximum absolute atomic E-state index is 14.2. The Labute approximate surface area is 131 Å². The SMILES string of the molecule is Cc1ccc(Sc2ccc(CNC(C)(C)C)cc2F)cc1. The van der Waals surface area contributed by atoms with E-state index >= 15 is 0 Å². The molecule has 0 aliphatic carbocycles. The summed E-state index contributed by atoms with van der Waals surface area (Å²) in [5.41, 5.74) is 2.21. The lowest BCUT2D eigenvalue weighted by atomic mass is 10.1. The monoisotopic (exact) mass is 303 g/mol. The van der Waals surface area contributed by atoms with E-state index in [9.17, 15) is 4.39 Å². The van der Waals surface area contributed by atoms with Crippen LogP contribution in [0.3, 0.4) is 0 Å². The minimum atomic E-state index is -0.159. The summed E-state index contributed by atoms with van der Waals surface area (Å²) in [6, 6.07) is 13.6. The highest BCUT2D eigenvalue weighted by Gasteiger charge is 2.10. The Bertz CT molecular complexity index is 600. The van der Waals surface area contributed by atoms with Crippen molar-refractivity contribution in [2.45, 2.75) is 49.6 Å². The van der Waals surface area contributed by atoms with Crippen LogP contribution in [0.2, 0.25) is 0 Å². The summed E-state index contributed by atoms with van der Waals surface area (Å²) in [7, 11) is 0. The molecule has 0 aliphatic rings. The number of benzene rings is 2. The molecule has 1 nitrogen and oxygen atoms in total. The Hall–Kier alpha value is -1.32. The number of nitrogens with one attached hydrogen (secondary N) is 1. The quantitative estimate of drug-likeness (QED) is 0.836. The number of hydrogen-bond donors (Lipinski definition) is 1. The first-order chi connectivity index (χ1) is 9.83. The molecule has 2 aromatic carbocycles. The second-order valence-electron chi connectivity index (χ2n) is 6.28. The van der Waals surface area contributed by atoms with Crippen LogP contribution in [0.1, 0.15) is 31.9 Å². The van der Waals surface area contributed by atoms with Gasteiger partial charge in [-0.15, -0.1) is 0 Å². The minimum absolute atomic E-state index is 0.0335. The van der Waals surface area contributed by atoms with Crippen molar-refractivity contribution >= 4 is 11.8 Å². The molecule has 0 spiro atoms. The van der Waals surface area contributed by atoms with Crippen LogP contribution in [-0.4, -0.2) is 5.54 Å². The fourth-order valence-electron chi connectivity index (χ4n) is 1.84. The van der Waals surface area contributed by atoms with Crippen molar-refractivity contribution in [3.63, 3.8) is 0 Å². The highest BCUT2D eigenvalue weighted by molar-refractivity contribution is 7.99. The lowest BCUT2D eigenvalue weighted by Gasteiger charge is -2.20. The second-order valence-corrected chi connectivity index (χ2v) is 7.40. The van der Waals surface area contributed by atoms with Crippen LogP contribution in [0, 0.1) is 12.7 Å². The lowest BCUT2D eigenvalue weighted by Crippen LogP contribution is -2.35. The fourth-order valence-corrected chi connectivity index (χ4v) is 2.66. The normalized spacial score (nSPS) is 11.7. The molecule has 0 aliphatic heterocycles. The van der Waals surface area contributed by atoms with Crippen LogP contribution in [0.15, 0.2) is 52.3 Å². The van der Waals surface area contributed by atoms with E-state index in [-0.39, 0.29) is 11.4 Å². The molecule has 0 aromatic heterocycles. The van der Waals surface area contributed by atoms with Gasteiger partial charge in [0.2, 0.25) is 0 Å². The fraction of sp³-hybridized carbons (Fsp3) is 0.333. The van der Waals surface area contributed by atoms with E-state index in [1.165, 1.54) is 17.3 Å². The third-order valence-corrected chi connectivity index (χ3v) is 4.13. The topological polar surface area (TPSA) is 12.0 Å². The maximum Gasteiger partial charge on any atom is 0.137 e. The summed E-state index contributed by atoms with van der Waals surface area (Å²) in [5, 5.41) is 3.37. The summed E-state index contributed by atoms with van der Waals surface area (Å²) >= 11 is 1.46. The van der Waals surface area contributed by atoms with E-state index in [4.69, 9.17) is 0 Å². The number of hydrogen-bond acceptors (Lipinski definition) is 2. The van der Waals surface area contributed by atoms with Crippen molar-refractivity contribution < 1.29 is 4.39 Å². The molecular formula is C18H22FNS. The maximum atomic E-state index is 14.2. The van der Waals surface area contributed by atoms with Gasteiger partial charge >= 0.3 is 0 Å². The zero-order valence-corrected chi connectivity index (χ0v) is 13.9. The molecule has 3 heteroatoms. The zero-order valence-electron chi connectivity index (χ0n) is 13.0. The molecule has 112 valence electrons. The van der Waals surface area contributed by atoms with E-state index < -0.39 is 0 Å². The van der Waals surface area contributed by atoms with Gasteiger partial charge in [0.1, 0.15) is 5.82 Å². The van der Waals surface area contributed by atoms with E-state index in [2.05, 4.69) is 26.1 Å². The Morgan fingerprint density at radius 3 is 2.29 bits per heavy atom. The second kappa shape index (κ2) is 6.63. The molecule has 0 bridgehead atoms. The smallest absolute Gasteiger partial charge is 0.137 e. The zero-order chi connectivity index (χ0) is 15.5. The average molecular weight is 303 g/mol. The van der Waals surface area contributed by atoms with Crippen LogP contribution in [-0.2, 0) is 6.54 Å². The Kier molecular flexibility index (Phi) is 5.07. The molecule has 2 rings (SSSR count). The summed E-state index contributed by atoms with van der Waals surface area (Å²) in [6.07, 6.45) is 0. The summed E-state index contributed by atoms with van der Waals surface area (Å²) in [4.78, 5) is 1.72. The first kappa shape index (κ1) is 16.1. The molecule has 0 unspecified atom stereocenters. The van der Waals surface area contributed by atoms with Gasteiger partial charge in [0, 0.05) is 21.9 Å². The van der Waals surface area contributed by atoms with Gasteiger partial charge < -0.3 is 5.32 Å². The third kappa shape index (κ3) is 5.18. The van der Waals surface area contributed by atoms with Gasteiger partial charge in [-0.25, -0.2) is 4.39 Å². The predicted molar refractivity (Wildman–Crippen MR) is 88.3 cm³/mol. The van der Waals surface area contributed by atoms with Gasteiger partial charge in [-0.3, -0.25) is 0 Å². The highest BCUT2D eigenvalue weighted by atomic mass is 32.2. The first-order valence-electron chi connectivity index (χ1n) is 7.11. The molecule has 0 saturated carbocycles. The van der Waals surface area contributed by atoms with Crippen LogP contribution in [0.5, 0.6) is 0 Å². The van der Waals surface area contributed by atoms with Crippen molar-refractivity contribution in [1.29, 1.82) is 0 Å². The van der Waals surface area contributed by atoms with Gasteiger partial charge in [-0.2, -0.15) is 0 Å². The first-order valence-corrected chi connectivity index (χ1v) is 7.93. The molecule has 0 fully saturated rings. The molecular weight excluding hydrogens is 281 g/mol. The average Bonchev–Trinajstić information content (AvgIpc) is 2.41. The predicted octanol–water partition coefficient (Wildman–Crippen LogP) is 5.17.